The van der Waals surface area contributed by atoms with Crippen LogP contribution in [0.1, 0.15) is 13.3 Å². The molecule has 0 saturated carbocycles. The standard InChI is InChI=1S/C10H12F6O2/c1-6-7(18-5-3-4-17-2)9(13,14)10(15,16)8(6,11)12/h3-5H2,1-2H3. The highest BCUT2D eigenvalue weighted by atomic mass is 19.3. The average Bonchev–Trinajstić information content (AvgIpc) is 2.34. The van der Waals surface area contributed by atoms with Crippen LogP contribution < -0.4 is 0 Å². The highest BCUT2D eigenvalue weighted by Gasteiger charge is 2.80. The lowest BCUT2D eigenvalue weighted by Gasteiger charge is -2.24. The van der Waals surface area contributed by atoms with E-state index in [-0.39, 0.29) is 13.0 Å². The molecule has 0 heterocycles. The molecule has 18 heavy (non-hydrogen) atoms. The lowest BCUT2D eigenvalue weighted by Crippen LogP contribution is -2.49. The molecule has 0 aliphatic heterocycles. The van der Waals surface area contributed by atoms with Crippen LogP contribution in [0.25, 0.3) is 0 Å². The lowest BCUT2D eigenvalue weighted by atomic mass is 10.1. The summed E-state index contributed by atoms with van der Waals surface area (Å²) in [7, 11) is 1.34. The summed E-state index contributed by atoms with van der Waals surface area (Å²) in [5, 5.41) is 0. The van der Waals surface area contributed by atoms with Crippen molar-refractivity contribution in [1.82, 2.24) is 0 Å². The van der Waals surface area contributed by atoms with E-state index in [1.807, 2.05) is 0 Å². The molecule has 0 N–H and O–H groups in total. The fourth-order valence-corrected chi connectivity index (χ4v) is 1.53. The lowest BCUT2D eigenvalue weighted by molar-refractivity contribution is -0.271. The first-order valence-corrected chi connectivity index (χ1v) is 5.07. The van der Waals surface area contributed by atoms with Crippen LogP contribution in [-0.4, -0.2) is 38.1 Å². The molecule has 0 bridgehead atoms. The molecule has 2 nitrogen and oxygen atoms in total. The van der Waals surface area contributed by atoms with Gasteiger partial charge in [-0.05, 0) is 6.92 Å². The Morgan fingerprint density at radius 2 is 1.50 bits per heavy atom. The third-order valence-corrected chi connectivity index (χ3v) is 2.62. The van der Waals surface area contributed by atoms with E-state index >= 15 is 0 Å². The van der Waals surface area contributed by atoms with Gasteiger partial charge in [-0.25, -0.2) is 0 Å². The molecule has 0 fully saturated rings. The molecule has 0 unspecified atom stereocenters. The van der Waals surface area contributed by atoms with Gasteiger partial charge < -0.3 is 9.47 Å². The Bertz CT molecular complexity index is 350. The van der Waals surface area contributed by atoms with E-state index < -0.39 is 35.7 Å². The van der Waals surface area contributed by atoms with Crippen LogP contribution in [0.4, 0.5) is 26.3 Å². The zero-order valence-corrected chi connectivity index (χ0v) is 9.71. The van der Waals surface area contributed by atoms with Crippen molar-refractivity contribution in [2.24, 2.45) is 0 Å². The van der Waals surface area contributed by atoms with E-state index in [9.17, 15) is 26.3 Å². The summed E-state index contributed by atoms with van der Waals surface area (Å²) in [6.07, 6.45) is 0.125. The minimum absolute atomic E-state index is 0.125. The van der Waals surface area contributed by atoms with Crippen LogP contribution in [0, 0.1) is 0 Å². The van der Waals surface area contributed by atoms with E-state index in [1.54, 1.807) is 0 Å². The number of ether oxygens (including phenoxy) is 2. The minimum atomic E-state index is -5.47. The average molecular weight is 278 g/mol. The Balaban J connectivity index is 2.92. The van der Waals surface area contributed by atoms with Crippen molar-refractivity contribution in [3.8, 4) is 0 Å². The zero-order chi connectivity index (χ0) is 14.2. The third kappa shape index (κ3) is 1.96. The Labute approximate surface area is 99.5 Å². The van der Waals surface area contributed by atoms with Gasteiger partial charge in [0, 0.05) is 25.7 Å². The molecule has 1 aliphatic carbocycles. The molecule has 0 saturated heterocycles. The molecular formula is C10H12F6O2. The van der Waals surface area contributed by atoms with Gasteiger partial charge in [0.15, 0.2) is 5.76 Å². The Morgan fingerprint density at radius 3 is 1.89 bits per heavy atom. The molecule has 1 aliphatic rings. The van der Waals surface area contributed by atoms with Crippen molar-refractivity contribution >= 4 is 0 Å². The van der Waals surface area contributed by atoms with Gasteiger partial charge in [0.1, 0.15) is 0 Å². The maximum absolute atomic E-state index is 13.2. The maximum Gasteiger partial charge on any atom is 0.383 e. The maximum atomic E-state index is 13.2. The van der Waals surface area contributed by atoms with Crippen molar-refractivity contribution in [3.63, 3.8) is 0 Å². The molecule has 8 heteroatoms. The highest BCUT2D eigenvalue weighted by Crippen LogP contribution is 2.59. The SMILES string of the molecule is COCCCOC1=C(C)C(F)(F)C(F)(F)C1(F)F. The summed E-state index contributed by atoms with van der Waals surface area (Å²) in [6, 6.07) is 0. The predicted octanol–water partition coefficient (Wildman–Crippen LogP) is 3.23. The van der Waals surface area contributed by atoms with Gasteiger partial charge in [-0.3, -0.25) is 0 Å². The normalized spacial score (nSPS) is 24.4. The largest absolute Gasteiger partial charge is 0.491 e. The first kappa shape index (κ1) is 15.1. The minimum Gasteiger partial charge on any atom is -0.491 e. The van der Waals surface area contributed by atoms with Gasteiger partial charge in [-0.2, -0.15) is 26.3 Å². The molecule has 0 atom stereocenters. The van der Waals surface area contributed by atoms with Gasteiger partial charge in [0.25, 0.3) is 0 Å². The Hall–Kier alpha value is -0.920. The van der Waals surface area contributed by atoms with E-state index in [1.165, 1.54) is 7.11 Å². The smallest absolute Gasteiger partial charge is 0.383 e. The van der Waals surface area contributed by atoms with Crippen molar-refractivity contribution < 1.29 is 35.8 Å². The number of halogens is 6. The summed E-state index contributed by atoms with van der Waals surface area (Å²) in [6.45, 7) is 0.257. The van der Waals surface area contributed by atoms with Crippen LogP contribution >= 0.6 is 0 Å². The van der Waals surface area contributed by atoms with Crippen LogP contribution in [0.3, 0.4) is 0 Å². The Morgan fingerprint density at radius 1 is 0.944 bits per heavy atom. The summed E-state index contributed by atoms with van der Waals surface area (Å²) in [5.41, 5.74) is -1.44. The van der Waals surface area contributed by atoms with E-state index in [2.05, 4.69) is 9.47 Å². The Kier molecular flexibility index (Phi) is 3.90. The first-order chi connectivity index (χ1) is 8.10. The summed E-state index contributed by atoms with van der Waals surface area (Å²) >= 11 is 0. The molecule has 0 aromatic carbocycles. The van der Waals surface area contributed by atoms with Gasteiger partial charge in [-0.15, -0.1) is 0 Å². The van der Waals surface area contributed by atoms with Crippen molar-refractivity contribution in [1.29, 1.82) is 0 Å². The number of allylic oxidation sites excluding steroid dienone is 2. The third-order valence-electron chi connectivity index (χ3n) is 2.62. The fraction of sp³-hybridized carbons (Fsp3) is 0.800. The summed E-state index contributed by atoms with van der Waals surface area (Å²) < 4.78 is 87.3. The van der Waals surface area contributed by atoms with Crippen LogP contribution in [0.2, 0.25) is 0 Å². The highest BCUT2D eigenvalue weighted by molar-refractivity contribution is 5.36. The van der Waals surface area contributed by atoms with Crippen molar-refractivity contribution in [2.45, 2.75) is 31.1 Å². The number of rotatable bonds is 5. The molecule has 0 amide bonds. The van der Waals surface area contributed by atoms with E-state index in [4.69, 9.17) is 0 Å². The molecule has 106 valence electrons. The van der Waals surface area contributed by atoms with Crippen LogP contribution in [0.15, 0.2) is 11.3 Å². The number of hydrogen-bond acceptors (Lipinski definition) is 2. The second-order valence-corrected chi connectivity index (χ2v) is 3.87. The molecule has 0 aromatic heterocycles. The second-order valence-electron chi connectivity index (χ2n) is 3.87. The fourth-order valence-electron chi connectivity index (χ4n) is 1.53. The zero-order valence-electron chi connectivity index (χ0n) is 9.71. The molecule has 0 radical (unpaired) electrons. The van der Waals surface area contributed by atoms with Crippen LogP contribution in [-0.2, 0) is 9.47 Å². The topological polar surface area (TPSA) is 18.5 Å². The summed E-state index contributed by atoms with van der Waals surface area (Å²) in [5.74, 6) is -17.0. The monoisotopic (exact) mass is 278 g/mol. The van der Waals surface area contributed by atoms with Crippen LogP contribution in [0.5, 0.6) is 0 Å². The predicted molar refractivity (Wildman–Crippen MR) is 50.0 cm³/mol. The number of hydrogen-bond donors (Lipinski definition) is 0. The summed E-state index contributed by atoms with van der Waals surface area (Å²) in [4.78, 5) is 0. The number of methoxy groups -OCH3 is 1. The first-order valence-electron chi connectivity index (χ1n) is 5.07. The molecule has 0 aromatic rings. The van der Waals surface area contributed by atoms with Gasteiger partial charge in [0.05, 0.1) is 6.61 Å². The second kappa shape index (κ2) is 4.64. The van der Waals surface area contributed by atoms with Crippen molar-refractivity contribution in [3.05, 3.63) is 11.3 Å². The van der Waals surface area contributed by atoms with Gasteiger partial charge in [-0.1, -0.05) is 0 Å². The van der Waals surface area contributed by atoms with E-state index in [0.29, 0.717) is 6.92 Å². The van der Waals surface area contributed by atoms with Gasteiger partial charge in [0.2, 0.25) is 0 Å². The number of alkyl halides is 6. The van der Waals surface area contributed by atoms with E-state index in [0.717, 1.165) is 0 Å². The quantitative estimate of drug-likeness (QED) is 0.568. The molecular weight excluding hydrogens is 266 g/mol. The molecule has 0 spiro atoms. The van der Waals surface area contributed by atoms with Gasteiger partial charge >= 0.3 is 17.8 Å². The van der Waals surface area contributed by atoms with Crippen molar-refractivity contribution in [2.75, 3.05) is 20.3 Å². The molecule has 1 rings (SSSR count).